The Kier molecular flexibility index (Phi) is 2.83. The number of pyridine rings is 1. The first-order valence-corrected chi connectivity index (χ1v) is 6.09. The lowest BCUT2D eigenvalue weighted by atomic mass is 10.1. The molecule has 20 heavy (non-hydrogen) atoms. The number of hydrogen-bond donors (Lipinski definition) is 2. The lowest BCUT2D eigenvalue weighted by Gasteiger charge is -2.08. The van der Waals surface area contributed by atoms with Crippen molar-refractivity contribution in [3.05, 3.63) is 53.9 Å². The van der Waals surface area contributed by atoms with E-state index in [1.54, 1.807) is 10.7 Å². The van der Waals surface area contributed by atoms with Gasteiger partial charge in [0.25, 0.3) is 0 Å². The van der Waals surface area contributed by atoms with Crippen LogP contribution in [0.3, 0.4) is 0 Å². The smallest absolute Gasteiger partial charge is 0.170 e. The van der Waals surface area contributed by atoms with Gasteiger partial charge < -0.3 is 10.9 Å². The molecule has 3 rings (SSSR count). The predicted molar refractivity (Wildman–Crippen MR) is 76.1 cm³/mol. The summed E-state index contributed by atoms with van der Waals surface area (Å²) < 4.78 is 1.66. The predicted octanol–water partition coefficient (Wildman–Crippen LogP) is 1.82. The molecular weight excluding hydrogens is 254 g/mol. The van der Waals surface area contributed by atoms with Crippen molar-refractivity contribution in [1.82, 2.24) is 14.8 Å². The highest BCUT2D eigenvalue weighted by Crippen LogP contribution is 2.20. The number of oxime groups is 1. The highest BCUT2D eigenvalue weighted by Gasteiger charge is 2.10. The molecule has 6 heteroatoms. The van der Waals surface area contributed by atoms with Gasteiger partial charge in [0.2, 0.25) is 0 Å². The van der Waals surface area contributed by atoms with E-state index in [0.29, 0.717) is 11.4 Å². The van der Waals surface area contributed by atoms with Gasteiger partial charge in [0.05, 0.1) is 11.2 Å². The minimum absolute atomic E-state index is 0.0497. The zero-order valence-electron chi connectivity index (χ0n) is 10.9. The molecule has 2 heterocycles. The fourth-order valence-corrected chi connectivity index (χ4v) is 2.09. The SMILES string of the molecule is Cc1ccn(-c2cc(C(N)=NO)c3ccccc3n2)n1. The van der Waals surface area contributed by atoms with Crippen LogP contribution in [0.1, 0.15) is 11.3 Å². The first-order chi connectivity index (χ1) is 9.69. The number of benzene rings is 1. The van der Waals surface area contributed by atoms with Crippen molar-refractivity contribution in [2.75, 3.05) is 0 Å². The van der Waals surface area contributed by atoms with Crippen LogP contribution in [0.5, 0.6) is 0 Å². The maximum absolute atomic E-state index is 8.93. The topological polar surface area (TPSA) is 89.3 Å². The number of aromatic nitrogens is 3. The van der Waals surface area contributed by atoms with Crippen molar-refractivity contribution in [2.45, 2.75) is 6.92 Å². The summed E-state index contributed by atoms with van der Waals surface area (Å²) in [5.41, 5.74) is 8.04. The van der Waals surface area contributed by atoms with E-state index >= 15 is 0 Å². The molecule has 2 aromatic heterocycles. The third-order valence-electron chi connectivity index (χ3n) is 3.04. The first kappa shape index (κ1) is 12.2. The van der Waals surface area contributed by atoms with Crippen LogP contribution in [0.25, 0.3) is 16.7 Å². The Morgan fingerprint density at radius 2 is 2.10 bits per heavy atom. The summed E-state index contributed by atoms with van der Waals surface area (Å²) in [6.45, 7) is 1.90. The summed E-state index contributed by atoms with van der Waals surface area (Å²) in [6.07, 6.45) is 1.82. The number of amidine groups is 1. The number of rotatable bonds is 2. The van der Waals surface area contributed by atoms with Crippen LogP contribution in [-0.4, -0.2) is 25.8 Å². The van der Waals surface area contributed by atoms with E-state index in [0.717, 1.165) is 16.6 Å². The first-order valence-electron chi connectivity index (χ1n) is 6.09. The summed E-state index contributed by atoms with van der Waals surface area (Å²) >= 11 is 0. The maximum Gasteiger partial charge on any atom is 0.170 e. The van der Waals surface area contributed by atoms with Gasteiger partial charge in [-0.05, 0) is 25.1 Å². The monoisotopic (exact) mass is 267 g/mol. The lowest BCUT2D eigenvalue weighted by molar-refractivity contribution is 0.318. The molecule has 6 nitrogen and oxygen atoms in total. The minimum atomic E-state index is 0.0497. The van der Waals surface area contributed by atoms with Gasteiger partial charge in [-0.2, -0.15) is 5.10 Å². The van der Waals surface area contributed by atoms with Gasteiger partial charge in [-0.15, -0.1) is 0 Å². The van der Waals surface area contributed by atoms with Crippen LogP contribution in [0.15, 0.2) is 47.8 Å². The molecule has 0 bridgehead atoms. The van der Waals surface area contributed by atoms with E-state index in [2.05, 4.69) is 15.2 Å². The average Bonchev–Trinajstić information content (AvgIpc) is 2.92. The zero-order valence-corrected chi connectivity index (χ0v) is 10.9. The number of para-hydroxylation sites is 1. The molecule has 0 saturated carbocycles. The van der Waals surface area contributed by atoms with Crippen molar-refractivity contribution in [3.8, 4) is 5.82 Å². The summed E-state index contributed by atoms with van der Waals surface area (Å²) in [4.78, 5) is 4.54. The molecule has 3 aromatic rings. The van der Waals surface area contributed by atoms with Gasteiger partial charge in [0, 0.05) is 17.1 Å². The molecule has 0 unspecified atom stereocenters. The van der Waals surface area contributed by atoms with Crippen molar-refractivity contribution in [3.63, 3.8) is 0 Å². The maximum atomic E-state index is 8.93. The number of fused-ring (bicyclic) bond motifs is 1. The van der Waals surface area contributed by atoms with Gasteiger partial charge in [0.15, 0.2) is 11.7 Å². The van der Waals surface area contributed by atoms with E-state index in [1.165, 1.54) is 0 Å². The third-order valence-corrected chi connectivity index (χ3v) is 3.04. The number of nitrogens with zero attached hydrogens (tertiary/aromatic N) is 4. The molecule has 0 saturated heterocycles. The molecule has 1 aromatic carbocycles. The molecule has 0 aliphatic heterocycles. The Morgan fingerprint density at radius 1 is 1.30 bits per heavy atom. The zero-order chi connectivity index (χ0) is 14.1. The number of hydrogen-bond acceptors (Lipinski definition) is 4. The molecule has 0 aliphatic carbocycles. The molecule has 0 spiro atoms. The van der Waals surface area contributed by atoms with Crippen LogP contribution < -0.4 is 5.73 Å². The average molecular weight is 267 g/mol. The summed E-state index contributed by atoms with van der Waals surface area (Å²) in [5.74, 6) is 0.673. The Bertz CT molecular complexity index is 806. The molecule has 3 N–H and O–H groups in total. The molecular formula is C14H13N5O. The van der Waals surface area contributed by atoms with E-state index in [9.17, 15) is 0 Å². The standard InChI is InChI=1S/C14H13N5O/c1-9-6-7-19(17-9)13-8-11(14(15)18-20)10-4-2-3-5-12(10)16-13/h2-8,20H,1H3,(H2,15,18). The van der Waals surface area contributed by atoms with Crippen molar-refractivity contribution >= 4 is 16.7 Å². The second-order valence-corrected chi connectivity index (χ2v) is 4.43. The molecule has 100 valence electrons. The third kappa shape index (κ3) is 1.97. The van der Waals surface area contributed by atoms with Gasteiger partial charge >= 0.3 is 0 Å². The second-order valence-electron chi connectivity index (χ2n) is 4.43. The number of nitrogens with two attached hydrogens (primary N) is 1. The van der Waals surface area contributed by atoms with Crippen molar-refractivity contribution in [2.24, 2.45) is 10.9 Å². The molecule has 0 fully saturated rings. The Labute approximate surface area is 115 Å². The van der Waals surface area contributed by atoms with E-state index < -0.39 is 0 Å². The Hall–Kier alpha value is -2.89. The van der Waals surface area contributed by atoms with Gasteiger partial charge in [-0.25, -0.2) is 9.67 Å². The summed E-state index contributed by atoms with van der Waals surface area (Å²) in [5, 5.41) is 17.2. The summed E-state index contributed by atoms with van der Waals surface area (Å²) in [6, 6.07) is 11.2. The molecule has 0 aliphatic rings. The normalized spacial score (nSPS) is 11.9. The van der Waals surface area contributed by atoms with Gasteiger partial charge in [-0.3, -0.25) is 0 Å². The van der Waals surface area contributed by atoms with Gasteiger partial charge in [0.1, 0.15) is 0 Å². The highest BCUT2D eigenvalue weighted by molar-refractivity contribution is 6.08. The van der Waals surface area contributed by atoms with Gasteiger partial charge in [-0.1, -0.05) is 23.4 Å². The van der Waals surface area contributed by atoms with Crippen LogP contribution in [0.2, 0.25) is 0 Å². The van der Waals surface area contributed by atoms with E-state index in [4.69, 9.17) is 10.9 Å². The Balaban J connectivity index is 2.30. The van der Waals surface area contributed by atoms with Crippen LogP contribution in [-0.2, 0) is 0 Å². The summed E-state index contributed by atoms with van der Waals surface area (Å²) in [7, 11) is 0. The highest BCUT2D eigenvalue weighted by atomic mass is 16.4. The fourth-order valence-electron chi connectivity index (χ4n) is 2.09. The largest absolute Gasteiger partial charge is 0.409 e. The quantitative estimate of drug-likeness (QED) is 0.321. The van der Waals surface area contributed by atoms with Crippen LogP contribution in [0.4, 0.5) is 0 Å². The van der Waals surface area contributed by atoms with E-state index in [1.807, 2.05) is 43.5 Å². The molecule has 0 radical (unpaired) electrons. The molecule has 0 amide bonds. The van der Waals surface area contributed by atoms with Crippen molar-refractivity contribution in [1.29, 1.82) is 0 Å². The van der Waals surface area contributed by atoms with E-state index in [-0.39, 0.29) is 5.84 Å². The van der Waals surface area contributed by atoms with Crippen LogP contribution >= 0.6 is 0 Å². The van der Waals surface area contributed by atoms with Crippen LogP contribution in [0, 0.1) is 6.92 Å². The fraction of sp³-hybridized carbons (Fsp3) is 0.0714. The molecule has 0 atom stereocenters. The lowest BCUT2D eigenvalue weighted by Crippen LogP contribution is -2.15. The Morgan fingerprint density at radius 3 is 2.80 bits per heavy atom. The minimum Gasteiger partial charge on any atom is -0.409 e. The second kappa shape index (κ2) is 4.65. The van der Waals surface area contributed by atoms with Crippen molar-refractivity contribution < 1.29 is 5.21 Å². The number of aryl methyl sites for hydroxylation is 1.